The summed E-state index contributed by atoms with van der Waals surface area (Å²) >= 11 is 0. The fourth-order valence-corrected chi connectivity index (χ4v) is 4.31. The SMILES string of the molecule is Cc1nnc(N2CCN(c3ccc4nncc(N[C@H](C)c5cccc(C(F)F)c5F)c4c3)CC2)o1. The van der Waals surface area contributed by atoms with Gasteiger partial charge in [0.1, 0.15) is 5.82 Å². The molecule has 8 nitrogen and oxygen atoms in total. The largest absolute Gasteiger partial charge is 0.408 e. The average Bonchev–Trinajstić information content (AvgIpc) is 3.30. The number of fused-ring (bicyclic) bond motifs is 1. The van der Waals surface area contributed by atoms with Gasteiger partial charge in [-0.25, -0.2) is 13.2 Å². The van der Waals surface area contributed by atoms with Crippen molar-refractivity contribution < 1.29 is 17.6 Å². The van der Waals surface area contributed by atoms with Crippen LogP contribution in [0.1, 0.15) is 36.4 Å². The minimum atomic E-state index is -2.88. The Morgan fingerprint density at radius 2 is 1.71 bits per heavy atom. The third kappa shape index (κ3) is 4.58. The fraction of sp³-hybridized carbons (Fsp3) is 0.333. The summed E-state index contributed by atoms with van der Waals surface area (Å²) in [5.74, 6) is -0.364. The standard InChI is InChI=1S/C24H24F3N7O/c1-14(17-4-3-5-18(22(17)25)23(26)27)29-21-13-28-31-20-7-6-16(12-19(20)21)33-8-10-34(11-9-33)24-32-30-15(2)35-24/h3-7,12-14,23H,8-11H2,1-2H3,(H,29,31)/t14-/m1/s1. The van der Waals surface area contributed by atoms with Crippen molar-refractivity contribution in [2.45, 2.75) is 26.3 Å². The van der Waals surface area contributed by atoms with E-state index in [0.29, 0.717) is 23.1 Å². The first kappa shape index (κ1) is 22.9. The van der Waals surface area contributed by atoms with E-state index in [1.54, 1.807) is 20.0 Å². The smallest absolute Gasteiger partial charge is 0.318 e. The van der Waals surface area contributed by atoms with Crippen LogP contribution < -0.4 is 15.1 Å². The molecule has 0 bridgehead atoms. The number of benzene rings is 2. The zero-order valence-electron chi connectivity index (χ0n) is 19.3. The molecule has 5 rings (SSSR count). The molecule has 182 valence electrons. The lowest BCUT2D eigenvalue weighted by atomic mass is 10.0. The summed E-state index contributed by atoms with van der Waals surface area (Å²) in [5, 5.41) is 20.3. The lowest BCUT2D eigenvalue weighted by Crippen LogP contribution is -2.46. The predicted octanol–water partition coefficient (Wildman–Crippen LogP) is 4.90. The van der Waals surface area contributed by atoms with Crippen LogP contribution in [0.4, 0.5) is 30.6 Å². The van der Waals surface area contributed by atoms with Gasteiger partial charge < -0.3 is 19.5 Å². The van der Waals surface area contributed by atoms with E-state index in [4.69, 9.17) is 4.42 Å². The average molecular weight is 483 g/mol. The van der Waals surface area contributed by atoms with Crippen molar-refractivity contribution >= 4 is 28.3 Å². The maximum atomic E-state index is 14.7. The van der Waals surface area contributed by atoms with Gasteiger partial charge in [0.05, 0.1) is 29.0 Å². The second kappa shape index (κ2) is 9.40. The Bertz CT molecular complexity index is 1340. The second-order valence-corrected chi connectivity index (χ2v) is 8.45. The van der Waals surface area contributed by atoms with Crippen LogP contribution in [0.2, 0.25) is 0 Å². The highest BCUT2D eigenvalue weighted by molar-refractivity contribution is 5.93. The molecule has 0 unspecified atom stereocenters. The van der Waals surface area contributed by atoms with Gasteiger partial charge in [0.15, 0.2) is 0 Å². The monoisotopic (exact) mass is 483 g/mol. The summed E-state index contributed by atoms with van der Waals surface area (Å²) in [6, 6.07) is 9.90. The zero-order chi connectivity index (χ0) is 24.5. The van der Waals surface area contributed by atoms with Crippen molar-refractivity contribution in [3.8, 4) is 0 Å². The molecule has 2 aromatic carbocycles. The molecule has 0 radical (unpaired) electrons. The van der Waals surface area contributed by atoms with Gasteiger partial charge in [-0.2, -0.15) is 10.2 Å². The quantitative estimate of drug-likeness (QED) is 0.415. The molecule has 1 aliphatic heterocycles. The molecular formula is C24H24F3N7O. The Labute approximate surface area is 199 Å². The molecule has 4 aromatic rings. The Morgan fingerprint density at radius 1 is 0.971 bits per heavy atom. The number of halogens is 3. The van der Waals surface area contributed by atoms with Crippen molar-refractivity contribution in [2.75, 3.05) is 41.3 Å². The van der Waals surface area contributed by atoms with Crippen molar-refractivity contribution in [2.24, 2.45) is 0 Å². The van der Waals surface area contributed by atoms with Gasteiger partial charge in [0.25, 0.3) is 6.43 Å². The Kier molecular flexibility index (Phi) is 6.14. The van der Waals surface area contributed by atoms with Gasteiger partial charge in [-0.15, -0.1) is 5.10 Å². The number of nitrogens with zero attached hydrogens (tertiary/aromatic N) is 6. The van der Waals surface area contributed by atoms with Crippen LogP contribution in [0.5, 0.6) is 0 Å². The first-order chi connectivity index (χ1) is 16.9. The molecule has 35 heavy (non-hydrogen) atoms. The number of nitrogens with one attached hydrogen (secondary N) is 1. The maximum absolute atomic E-state index is 14.7. The molecular weight excluding hydrogens is 459 g/mol. The molecule has 11 heteroatoms. The van der Waals surface area contributed by atoms with Crippen molar-refractivity contribution in [3.05, 3.63) is 65.4 Å². The summed E-state index contributed by atoms with van der Waals surface area (Å²) in [6.07, 6.45) is -1.31. The normalized spacial score (nSPS) is 15.1. The zero-order valence-corrected chi connectivity index (χ0v) is 19.3. The van der Waals surface area contributed by atoms with Gasteiger partial charge in [-0.05, 0) is 25.1 Å². The number of hydrogen-bond donors (Lipinski definition) is 1. The Balaban J connectivity index is 1.37. The summed E-state index contributed by atoms with van der Waals surface area (Å²) < 4.78 is 46.5. The van der Waals surface area contributed by atoms with E-state index >= 15 is 0 Å². The van der Waals surface area contributed by atoms with Crippen LogP contribution in [0.25, 0.3) is 10.9 Å². The molecule has 1 atom stereocenters. The molecule has 1 fully saturated rings. The van der Waals surface area contributed by atoms with Gasteiger partial charge >= 0.3 is 6.01 Å². The van der Waals surface area contributed by atoms with Crippen molar-refractivity contribution in [3.63, 3.8) is 0 Å². The molecule has 0 amide bonds. The molecule has 0 spiro atoms. The maximum Gasteiger partial charge on any atom is 0.318 e. The van der Waals surface area contributed by atoms with Crippen LogP contribution in [0.15, 0.2) is 47.0 Å². The van der Waals surface area contributed by atoms with Crippen molar-refractivity contribution in [1.29, 1.82) is 0 Å². The molecule has 0 saturated carbocycles. The molecule has 3 heterocycles. The number of alkyl halides is 2. The summed E-state index contributed by atoms with van der Waals surface area (Å²) in [5.41, 5.74) is 1.88. The van der Waals surface area contributed by atoms with Gasteiger partial charge in [-0.3, -0.25) is 0 Å². The second-order valence-electron chi connectivity index (χ2n) is 8.45. The minimum absolute atomic E-state index is 0.163. The van der Waals surface area contributed by atoms with E-state index in [0.717, 1.165) is 43.3 Å². The van der Waals surface area contributed by atoms with E-state index in [1.165, 1.54) is 12.1 Å². The van der Waals surface area contributed by atoms with E-state index < -0.39 is 23.8 Å². The lowest BCUT2D eigenvalue weighted by molar-refractivity contribution is 0.146. The van der Waals surface area contributed by atoms with Crippen LogP contribution in [-0.4, -0.2) is 46.6 Å². The fourth-order valence-electron chi connectivity index (χ4n) is 4.31. The van der Waals surface area contributed by atoms with E-state index in [1.807, 2.05) is 18.2 Å². The number of piperazine rings is 1. The number of rotatable bonds is 6. The number of anilines is 3. The van der Waals surface area contributed by atoms with Crippen LogP contribution in [0, 0.1) is 12.7 Å². The van der Waals surface area contributed by atoms with Crippen LogP contribution in [-0.2, 0) is 0 Å². The third-order valence-electron chi connectivity index (χ3n) is 6.19. The molecule has 2 aromatic heterocycles. The molecule has 1 N–H and O–H groups in total. The summed E-state index contributed by atoms with van der Waals surface area (Å²) in [4.78, 5) is 4.30. The first-order valence-electron chi connectivity index (χ1n) is 11.3. The van der Waals surface area contributed by atoms with E-state index in [-0.39, 0.29) is 5.56 Å². The highest BCUT2D eigenvalue weighted by atomic mass is 19.3. The predicted molar refractivity (Wildman–Crippen MR) is 126 cm³/mol. The highest BCUT2D eigenvalue weighted by Crippen LogP contribution is 2.32. The van der Waals surface area contributed by atoms with Gasteiger partial charge in [-0.1, -0.05) is 23.3 Å². The van der Waals surface area contributed by atoms with Crippen LogP contribution >= 0.6 is 0 Å². The Morgan fingerprint density at radius 3 is 2.43 bits per heavy atom. The van der Waals surface area contributed by atoms with Gasteiger partial charge in [0.2, 0.25) is 5.89 Å². The van der Waals surface area contributed by atoms with E-state index in [2.05, 4.69) is 35.5 Å². The first-order valence-corrected chi connectivity index (χ1v) is 11.3. The summed E-state index contributed by atoms with van der Waals surface area (Å²) in [7, 11) is 0. The van der Waals surface area contributed by atoms with Crippen molar-refractivity contribution in [1.82, 2.24) is 20.4 Å². The Hall–Kier alpha value is -3.89. The van der Waals surface area contributed by atoms with Gasteiger partial charge in [0, 0.05) is 49.7 Å². The highest BCUT2D eigenvalue weighted by Gasteiger charge is 2.23. The summed E-state index contributed by atoms with van der Waals surface area (Å²) in [6.45, 7) is 6.47. The molecule has 0 aliphatic carbocycles. The number of hydrogen-bond acceptors (Lipinski definition) is 8. The van der Waals surface area contributed by atoms with E-state index in [9.17, 15) is 13.2 Å². The topological polar surface area (TPSA) is 83.2 Å². The molecule has 1 aliphatic rings. The minimum Gasteiger partial charge on any atom is -0.408 e. The molecule has 1 saturated heterocycles. The number of aromatic nitrogens is 4. The lowest BCUT2D eigenvalue weighted by Gasteiger charge is -2.35. The van der Waals surface area contributed by atoms with Crippen LogP contribution in [0.3, 0.4) is 0 Å². The number of aryl methyl sites for hydroxylation is 1. The third-order valence-corrected chi connectivity index (χ3v) is 6.19.